The summed E-state index contributed by atoms with van der Waals surface area (Å²) in [6.07, 6.45) is 80.5. The van der Waals surface area contributed by atoms with Crippen LogP contribution < -0.4 is 5.32 Å². The molecule has 67 heavy (non-hydrogen) atoms. The molecule has 0 heterocycles. The Morgan fingerprint density at radius 3 is 0.896 bits per heavy atom. The van der Waals surface area contributed by atoms with Gasteiger partial charge in [-0.3, -0.25) is 4.79 Å². The highest BCUT2D eigenvalue weighted by atomic mass is 16.3. The van der Waals surface area contributed by atoms with Gasteiger partial charge in [-0.05, 0) is 51.4 Å². The summed E-state index contributed by atoms with van der Waals surface area (Å²) in [7, 11) is 0. The van der Waals surface area contributed by atoms with E-state index in [1.54, 1.807) is 6.08 Å². The van der Waals surface area contributed by atoms with E-state index >= 15 is 0 Å². The van der Waals surface area contributed by atoms with Crippen molar-refractivity contribution in [1.29, 1.82) is 0 Å². The summed E-state index contributed by atoms with van der Waals surface area (Å²) in [5.41, 5.74) is 0. The second kappa shape index (κ2) is 58.9. The van der Waals surface area contributed by atoms with Crippen LogP contribution in [0.15, 0.2) is 36.5 Å². The molecule has 0 aromatic rings. The van der Waals surface area contributed by atoms with Crippen LogP contribution in [-0.2, 0) is 4.79 Å². The van der Waals surface area contributed by atoms with Crippen LogP contribution in [0.5, 0.6) is 0 Å². The number of nitrogens with one attached hydrogen (secondary N) is 1. The van der Waals surface area contributed by atoms with Crippen molar-refractivity contribution >= 4 is 5.91 Å². The Bertz CT molecular complexity index is 1020. The third-order valence-electron chi connectivity index (χ3n) is 14.4. The highest BCUT2D eigenvalue weighted by molar-refractivity contribution is 5.76. The van der Waals surface area contributed by atoms with Gasteiger partial charge in [-0.1, -0.05) is 320 Å². The zero-order chi connectivity index (χ0) is 48.5. The summed E-state index contributed by atoms with van der Waals surface area (Å²) in [6, 6.07) is -0.621. The highest BCUT2D eigenvalue weighted by Gasteiger charge is 2.18. The molecule has 0 bridgehead atoms. The number of allylic oxidation sites excluding steroid dienone is 5. The normalized spacial score (nSPS) is 13.0. The Balaban J connectivity index is 3.42. The predicted octanol–water partition coefficient (Wildman–Crippen LogP) is 20.4. The van der Waals surface area contributed by atoms with Gasteiger partial charge in [0.1, 0.15) is 0 Å². The summed E-state index contributed by atoms with van der Waals surface area (Å²) in [4.78, 5) is 12.5. The molecule has 0 rings (SSSR count). The molecular weight excluding hydrogens is 819 g/mol. The monoisotopic (exact) mass is 940 g/mol. The Hall–Kier alpha value is -1.39. The molecule has 0 fully saturated rings. The first-order chi connectivity index (χ1) is 33.2. The minimum absolute atomic E-state index is 0.0570. The molecule has 2 unspecified atom stereocenters. The van der Waals surface area contributed by atoms with E-state index in [0.717, 1.165) is 32.1 Å². The minimum atomic E-state index is -0.838. The third kappa shape index (κ3) is 55.4. The first kappa shape index (κ1) is 65.6. The summed E-state index contributed by atoms with van der Waals surface area (Å²) < 4.78 is 0. The average Bonchev–Trinajstić information content (AvgIpc) is 3.33. The topological polar surface area (TPSA) is 69.6 Å². The minimum Gasteiger partial charge on any atom is -0.394 e. The third-order valence-corrected chi connectivity index (χ3v) is 14.4. The molecule has 0 saturated heterocycles. The number of rotatable bonds is 57. The van der Waals surface area contributed by atoms with E-state index in [9.17, 15) is 15.0 Å². The highest BCUT2D eigenvalue weighted by Crippen LogP contribution is 2.18. The van der Waals surface area contributed by atoms with E-state index < -0.39 is 12.1 Å². The number of aliphatic hydroxyl groups excluding tert-OH is 2. The van der Waals surface area contributed by atoms with E-state index in [4.69, 9.17) is 0 Å². The van der Waals surface area contributed by atoms with Crippen LogP contribution in [-0.4, -0.2) is 34.9 Å². The summed E-state index contributed by atoms with van der Waals surface area (Å²) in [5, 5.41) is 23.2. The second-order valence-corrected chi connectivity index (χ2v) is 21.1. The molecule has 0 aliphatic rings. The van der Waals surface area contributed by atoms with Crippen molar-refractivity contribution in [2.45, 2.75) is 353 Å². The quantitative estimate of drug-likeness (QED) is 0.0420. The zero-order valence-electron chi connectivity index (χ0n) is 45.7. The Labute approximate surface area is 421 Å². The van der Waals surface area contributed by atoms with Crippen molar-refractivity contribution in [3.8, 4) is 0 Å². The molecule has 0 aromatic carbocycles. The van der Waals surface area contributed by atoms with E-state index in [1.807, 2.05) is 6.08 Å². The predicted molar refractivity (Wildman–Crippen MR) is 299 cm³/mol. The lowest BCUT2D eigenvalue weighted by atomic mass is 10.0. The number of carbonyl (C=O) groups excluding carboxylic acids is 1. The smallest absolute Gasteiger partial charge is 0.220 e. The maximum atomic E-state index is 12.5. The van der Waals surface area contributed by atoms with Crippen molar-refractivity contribution in [3.63, 3.8) is 0 Å². The molecule has 0 aliphatic carbocycles. The summed E-state index contributed by atoms with van der Waals surface area (Å²) >= 11 is 0. The number of amides is 1. The second-order valence-electron chi connectivity index (χ2n) is 21.1. The van der Waals surface area contributed by atoms with E-state index in [2.05, 4.69) is 43.5 Å². The van der Waals surface area contributed by atoms with Crippen molar-refractivity contribution < 1.29 is 15.0 Å². The van der Waals surface area contributed by atoms with Gasteiger partial charge in [0.15, 0.2) is 0 Å². The molecule has 396 valence electrons. The molecule has 1 amide bonds. The van der Waals surface area contributed by atoms with Crippen LogP contribution in [0.1, 0.15) is 341 Å². The van der Waals surface area contributed by atoms with Gasteiger partial charge in [-0.15, -0.1) is 0 Å². The summed E-state index contributed by atoms with van der Waals surface area (Å²) in [6.45, 7) is 4.33. The van der Waals surface area contributed by atoms with Crippen molar-refractivity contribution in [2.75, 3.05) is 6.61 Å². The van der Waals surface area contributed by atoms with Gasteiger partial charge in [-0.2, -0.15) is 0 Å². The first-order valence-electron chi connectivity index (χ1n) is 30.7. The lowest BCUT2D eigenvalue weighted by molar-refractivity contribution is -0.123. The van der Waals surface area contributed by atoms with Crippen LogP contribution in [0.25, 0.3) is 0 Å². The van der Waals surface area contributed by atoms with E-state index in [0.29, 0.717) is 6.42 Å². The van der Waals surface area contributed by atoms with Gasteiger partial charge in [0, 0.05) is 6.42 Å². The van der Waals surface area contributed by atoms with E-state index in [-0.39, 0.29) is 12.5 Å². The van der Waals surface area contributed by atoms with Crippen LogP contribution in [0.2, 0.25) is 0 Å². The molecule has 2 atom stereocenters. The lowest BCUT2D eigenvalue weighted by Gasteiger charge is -2.20. The van der Waals surface area contributed by atoms with Crippen molar-refractivity contribution in [1.82, 2.24) is 5.32 Å². The maximum Gasteiger partial charge on any atom is 0.220 e. The van der Waals surface area contributed by atoms with Gasteiger partial charge in [0.2, 0.25) is 5.91 Å². The zero-order valence-corrected chi connectivity index (χ0v) is 45.7. The fraction of sp³-hybridized carbons (Fsp3) is 0.889. The number of unbranched alkanes of at least 4 members (excludes halogenated alkanes) is 46. The molecule has 3 N–H and O–H groups in total. The Kier molecular flexibility index (Phi) is 57.7. The van der Waals surface area contributed by atoms with Gasteiger partial charge < -0.3 is 15.5 Å². The fourth-order valence-electron chi connectivity index (χ4n) is 9.68. The van der Waals surface area contributed by atoms with Crippen LogP contribution in [0, 0.1) is 0 Å². The SMILES string of the molecule is CCCCCCC/C=C\C/C=C\CCCCCCCCCCCCCCCCCCCCCCCCCC(=O)NC(CO)C(O)/C=C/CCCCCCCCCCCCCCCCCCCC. The Morgan fingerprint density at radius 1 is 0.358 bits per heavy atom. The largest absolute Gasteiger partial charge is 0.394 e. The molecule has 0 aliphatic heterocycles. The number of carbonyl (C=O) groups is 1. The molecular formula is C63H121NO3. The van der Waals surface area contributed by atoms with Gasteiger partial charge in [0.05, 0.1) is 18.8 Å². The van der Waals surface area contributed by atoms with Gasteiger partial charge >= 0.3 is 0 Å². The molecule has 0 spiro atoms. The lowest BCUT2D eigenvalue weighted by Crippen LogP contribution is -2.45. The van der Waals surface area contributed by atoms with E-state index in [1.165, 1.54) is 289 Å². The van der Waals surface area contributed by atoms with Crippen LogP contribution in [0.4, 0.5) is 0 Å². The van der Waals surface area contributed by atoms with Crippen LogP contribution in [0.3, 0.4) is 0 Å². The van der Waals surface area contributed by atoms with Gasteiger partial charge in [0.25, 0.3) is 0 Å². The average molecular weight is 941 g/mol. The number of aliphatic hydroxyl groups is 2. The number of hydrogen-bond acceptors (Lipinski definition) is 3. The molecule has 4 nitrogen and oxygen atoms in total. The van der Waals surface area contributed by atoms with Crippen molar-refractivity contribution in [2.24, 2.45) is 0 Å². The molecule has 0 saturated carbocycles. The first-order valence-corrected chi connectivity index (χ1v) is 30.7. The van der Waals surface area contributed by atoms with Crippen molar-refractivity contribution in [3.05, 3.63) is 36.5 Å². The Morgan fingerprint density at radius 2 is 0.612 bits per heavy atom. The molecule has 0 aromatic heterocycles. The summed E-state index contributed by atoms with van der Waals surface area (Å²) in [5.74, 6) is -0.0570. The standard InChI is InChI=1S/C63H121NO3/c1-3-5-7-9-11-13-15-17-19-21-23-25-26-27-28-29-30-31-32-33-34-35-36-37-38-39-41-43-45-47-49-51-53-55-57-59-63(67)64-61(60-65)62(66)58-56-54-52-50-48-46-44-42-40-24-22-20-18-16-14-12-10-8-6-4-2/h15,17,21,23,56,58,61-62,65-66H,3-14,16,18-20,22,24-55,57,59-60H2,1-2H3,(H,64,67)/b17-15-,23-21-,58-56+. The van der Waals surface area contributed by atoms with Gasteiger partial charge in [-0.25, -0.2) is 0 Å². The maximum absolute atomic E-state index is 12.5. The fourth-order valence-corrected chi connectivity index (χ4v) is 9.68. The molecule has 4 heteroatoms. The molecule has 0 radical (unpaired) electrons. The van der Waals surface area contributed by atoms with Crippen LogP contribution >= 0.6 is 0 Å². The number of hydrogen-bond donors (Lipinski definition) is 3.